The predicted octanol–water partition coefficient (Wildman–Crippen LogP) is 3.35. The number of methoxy groups -OCH3 is 1. The molecule has 0 radical (unpaired) electrons. The van der Waals surface area contributed by atoms with Crippen LogP contribution >= 0.6 is 11.3 Å². The van der Waals surface area contributed by atoms with Gasteiger partial charge in [-0.05, 0) is 30.2 Å². The molecule has 0 bridgehead atoms. The van der Waals surface area contributed by atoms with E-state index in [0.29, 0.717) is 22.9 Å². The minimum atomic E-state index is -0.366. The van der Waals surface area contributed by atoms with Gasteiger partial charge < -0.3 is 4.74 Å². The lowest BCUT2D eigenvalue weighted by Crippen LogP contribution is -1.99. The first kappa shape index (κ1) is 17.5. The number of esters is 1. The molecule has 0 atom stereocenters. The van der Waals surface area contributed by atoms with E-state index < -0.39 is 0 Å². The highest BCUT2D eigenvalue weighted by atomic mass is 32.1. The van der Waals surface area contributed by atoms with Crippen molar-refractivity contribution in [3.8, 4) is 11.4 Å². The molecule has 0 amide bonds. The van der Waals surface area contributed by atoms with Crippen LogP contribution in [0.4, 0.5) is 0 Å². The van der Waals surface area contributed by atoms with Gasteiger partial charge in [-0.15, -0.1) is 16.4 Å². The van der Waals surface area contributed by atoms with Crippen molar-refractivity contribution >= 4 is 33.2 Å². The first-order chi connectivity index (χ1) is 14.1. The maximum Gasteiger partial charge on any atom is 0.348 e. The normalized spacial score (nSPS) is 11.4. The minimum Gasteiger partial charge on any atom is -0.465 e. The standard InChI is InChI=1S/C20H16N6O2S/c1-12-15-18-23-17(14-6-3-5-13(9-14)10-25-8-4-7-22-25)24-26(18)11-21-19(15)29-16(12)20(27)28-2/h3-9,11H,10H2,1-2H3. The quantitative estimate of drug-likeness (QED) is 0.427. The van der Waals surface area contributed by atoms with Crippen LogP contribution in [0.1, 0.15) is 20.8 Å². The third-order valence-electron chi connectivity index (χ3n) is 4.73. The van der Waals surface area contributed by atoms with Gasteiger partial charge in [0.25, 0.3) is 0 Å². The van der Waals surface area contributed by atoms with E-state index in [1.807, 2.05) is 42.1 Å². The Morgan fingerprint density at radius 2 is 2.17 bits per heavy atom. The van der Waals surface area contributed by atoms with Crippen molar-refractivity contribution in [3.63, 3.8) is 0 Å². The van der Waals surface area contributed by atoms with Gasteiger partial charge in [0.2, 0.25) is 0 Å². The van der Waals surface area contributed by atoms with Crippen molar-refractivity contribution in [3.05, 3.63) is 65.1 Å². The summed E-state index contributed by atoms with van der Waals surface area (Å²) in [7, 11) is 1.38. The van der Waals surface area contributed by atoms with Crippen LogP contribution in [-0.4, -0.2) is 42.4 Å². The lowest BCUT2D eigenvalue weighted by Gasteiger charge is -2.03. The molecule has 144 valence electrons. The first-order valence-corrected chi connectivity index (χ1v) is 9.75. The summed E-state index contributed by atoms with van der Waals surface area (Å²) < 4.78 is 8.40. The Hall–Kier alpha value is -3.59. The summed E-state index contributed by atoms with van der Waals surface area (Å²) >= 11 is 1.30. The molecule has 9 heteroatoms. The summed E-state index contributed by atoms with van der Waals surface area (Å²) in [6.45, 7) is 2.55. The molecular weight excluding hydrogens is 388 g/mol. The summed E-state index contributed by atoms with van der Waals surface area (Å²) in [4.78, 5) is 22.5. The second-order valence-electron chi connectivity index (χ2n) is 6.58. The number of thiophene rings is 1. The number of hydrogen-bond donors (Lipinski definition) is 0. The number of benzene rings is 1. The molecule has 5 rings (SSSR count). The van der Waals surface area contributed by atoms with Gasteiger partial charge in [-0.2, -0.15) is 5.10 Å². The zero-order chi connectivity index (χ0) is 20.0. The summed E-state index contributed by atoms with van der Waals surface area (Å²) in [5.41, 5.74) is 3.49. The molecule has 0 aliphatic rings. The Kier molecular flexibility index (Phi) is 4.09. The van der Waals surface area contributed by atoms with Crippen molar-refractivity contribution in [2.45, 2.75) is 13.5 Å². The lowest BCUT2D eigenvalue weighted by molar-refractivity contribution is 0.0605. The number of hydrogen-bond acceptors (Lipinski definition) is 7. The number of carbonyl (C=O) groups excluding carboxylic acids is 1. The molecule has 29 heavy (non-hydrogen) atoms. The van der Waals surface area contributed by atoms with Crippen LogP contribution in [0.2, 0.25) is 0 Å². The van der Waals surface area contributed by atoms with E-state index in [2.05, 4.69) is 21.2 Å². The van der Waals surface area contributed by atoms with Crippen LogP contribution in [0.25, 0.3) is 27.3 Å². The molecule has 4 aromatic heterocycles. The Bertz CT molecular complexity index is 1350. The lowest BCUT2D eigenvalue weighted by atomic mass is 10.1. The summed E-state index contributed by atoms with van der Waals surface area (Å²) in [5, 5.41) is 9.67. The SMILES string of the molecule is COC(=O)c1sc2ncn3nc(-c4cccc(Cn5cccn5)c4)nc3c2c1C. The maximum absolute atomic E-state index is 12.0. The van der Waals surface area contributed by atoms with E-state index in [1.165, 1.54) is 18.4 Å². The summed E-state index contributed by atoms with van der Waals surface area (Å²) in [6.07, 6.45) is 5.31. The fraction of sp³-hybridized carbons (Fsp3) is 0.150. The molecule has 0 fully saturated rings. The van der Waals surface area contributed by atoms with Gasteiger partial charge in [-0.1, -0.05) is 18.2 Å². The number of fused-ring (bicyclic) bond motifs is 3. The van der Waals surface area contributed by atoms with Crippen molar-refractivity contribution in [2.24, 2.45) is 0 Å². The van der Waals surface area contributed by atoms with Crippen LogP contribution in [0, 0.1) is 6.92 Å². The average molecular weight is 404 g/mol. The van der Waals surface area contributed by atoms with Crippen molar-refractivity contribution in [2.75, 3.05) is 7.11 Å². The molecule has 0 saturated carbocycles. The topological polar surface area (TPSA) is 87.2 Å². The van der Waals surface area contributed by atoms with E-state index in [4.69, 9.17) is 9.72 Å². The van der Waals surface area contributed by atoms with Gasteiger partial charge >= 0.3 is 5.97 Å². The monoisotopic (exact) mass is 404 g/mol. The van der Waals surface area contributed by atoms with Crippen molar-refractivity contribution in [1.29, 1.82) is 0 Å². The molecular formula is C20H16N6O2S. The number of aromatic nitrogens is 6. The molecule has 0 aliphatic heterocycles. The Balaban J connectivity index is 1.61. The Morgan fingerprint density at radius 3 is 2.97 bits per heavy atom. The molecule has 5 aromatic rings. The summed E-state index contributed by atoms with van der Waals surface area (Å²) in [5.74, 6) is 0.238. The fourth-order valence-corrected chi connectivity index (χ4v) is 4.39. The highest BCUT2D eigenvalue weighted by molar-refractivity contribution is 7.20. The van der Waals surface area contributed by atoms with Crippen LogP contribution in [0.5, 0.6) is 0 Å². The zero-order valence-electron chi connectivity index (χ0n) is 15.7. The van der Waals surface area contributed by atoms with Gasteiger partial charge in [0, 0.05) is 18.0 Å². The van der Waals surface area contributed by atoms with Crippen LogP contribution in [0.15, 0.2) is 49.1 Å². The Morgan fingerprint density at radius 1 is 1.28 bits per heavy atom. The fourth-order valence-electron chi connectivity index (χ4n) is 3.33. The van der Waals surface area contributed by atoms with Crippen molar-refractivity contribution < 1.29 is 9.53 Å². The Labute approximate surface area is 169 Å². The third-order valence-corrected chi connectivity index (χ3v) is 5.91. The van der Waals surface area contributed by atoms with E-state index in [1.54, 1.807) is 17.0 Å². The molecule has 4 heterocycles. The average Bonchev–Trinajstić information content (AvgIpc) is 3.46. The third kappa shape index (κ3) is 2.95. The molecule has 0 aliphatic carbocycles. The molecule has 0 saturated heterocycles. The number of rotatable bonds is 4. The highest BCUT2D eigenvalue weighted by Crippen LogP contribution is 2.32. The smallest absolute Gasteiger partial charge is 0.348 e. The number of nitrogens with zero attached hydrogens (tertiary/aromatic N) is 6. The first-order valence-electron chi connectivity index (χ1n) is 8.93. The van der Waals surface area contributed by atoms with E-state index >= 15 is 0 Å². The predicted molar refractivity (Wildman–Crippen MR) is 109 cm³/mol. The number of aryl methyl sites for hydroxylation is 1. The second-order valence-corrected chi connectivity index (χ2v) is 7.58. The maximum atomic E-state index is 12.0. The van der Waals surface area contributed by atoms with Gasteiger partial charge in [-0.3, -0.25) is 4.68 Å². The van der Waals surface area contributed by atoms with Crippen LogP contribution in [-0.2, 0) is 11.3 Å². The molecule has 1 aromatic carbocycles. The molecule has 0 unspecified atom stereocenters. The van der Waals surface area contributed by atoms with E-state index in [9.17, 15) is 4.79 Å². The molecule has 0 spiro atoms. The second kappa shape index (κ2) is 6.78. The highest BCUT2D eigenvalue weighted by Gasteiger charge is 2.20. The van der Waals surface area contributed by atoms with Gasteiger partial charge in [0.15, 0.2) is 11.5 Å². The molecule has 8 nitrogen and oxygen atoms in total. The largest absolute Gasteiger partial charge is 0.465 e. The zero-order valence-corrected chi connectivity index (χ0v) is 16.6. The van der Waals surface area contributed by atoms with Crippen LogP contribution < -0.4 is 0 Å². The number of ether oxygens (including phenoxy) is 1. The van der Waals surface area contributed by atoms with E-state index in [0.717, 1.165) is 26.9 Å². The minimum absolute atomic E-state index is 0.366. The van der Waals surface area contributed by atoms with Crippen molar-refractivity contribution in [1.82, 2.24) is 29.4 Å². The molecule has 0 N–H and O–H groups in total. The number of carbonyl (C=O) groups is 1. The van der Waals surface area contributed by atoms with Crippen LogP contribution in [0.3, 0.4) is 0 Å². The van der Waals surface area contributed by atoms with E-state index in [-0.39, 0.29) is 5.97 Å². The van der Waals surface area contributed by atoms with Gasteiger partial charge in [0.05, 0.1) is 19.0 Å². The summed E-state index contributed by atoms with van der Waals surface area (Å²) in [6, 6.07) is 9.97. The van der Waals surface area contributed by atoms with Gasteiger partial charge in [-0.25, -0.2) is 19.3 Å². The van der Waals surface area contributed by atoms with Gasteiger partial charge in [0.1, 0.15) is 16.0 Å².